The zero-order valence-electron chi connectivity index (χ0n) is 13.8. The number of carbonyl (C=O) groups is 1. The maximum absolute atomic E-state index is 13.5. The van der Waals surface area contributed by atoms with Crippen LogP contribution in [0.4, 0.5) is 10.2 Å². The van der Waals surface area contributed by atoms with Crippen LogP contribution in [0.1, 0.15) is 33.6 Å². The largest absolute Gasteiger partial charge is 0.463 e. The number of ether oxygens (including phenoxy) is 2. The summed E-state index contributed by atoms with van der Waals surface area (Å²) in [4.78, 5) is 23.0. The van der Waals surface area contributed by atoms with E-state index in [1.54, 1.807) is 18.4 Å². The van der Waals surface area contributed by atoms with Gasteiger partial charge in [0.2, 0.25) is 0 Å². The molecule has 0 bridgehead atoms. The monoisotopic (exact) mass is 337 g/mol. The Labute approximate surface area is 138 Å². The molecule has 0 radical (unpaired) electrons. The smallest absolute Gasteiger partial charge is 0.312 e. The summed E-state index contributed by atoms with van der Waals surface area (Å²) in [5, 5.41) is 0. The lowest BCUT2D eigenvalue weighted by molar-refractivity contribution is -0.156. The lowest BCUT2D eigenvalue weighted by Gasteiger charge is -2.26. The van der Waals surface area contributed by atoms with Gasteiger partial charge in [-0.25, -0.2) is 4.98 Å². The van der Waals surface area contributed by atoms with Crippen molar-refractivity contribution in [3.05, 3.63) is 12.4 Å². The molecule has 2 N–H and O–H groups in total. The predicted octanol–water partition coefficient (Wildman–Crippen LogP) is 1.60. The molecule has 1 aliphatic rings. The van der Waals surface area contributed by atoms with E-state index in [-0.39, 0.29) is 36.1 Å². The average molecular weight is 337 g/mol. The predicted molar refractivity (Wildman–Crippen MR) is 83.2 cm³/mol. The summed E-state index contributed by atoms with van der Waals surface area (Å²) in [6.07, 6.45) is 1.71. The number of carbonyl (C=O) groups excluding carboxylic acids is 1. The first-order chi connectivity index (χ1) is 11.3. The SMILES string of the molecule is CC(C)C(=O)OCC1CC[C@](C)(n2cnc3c(N)nc(F)nc32)O1. The first-order valence-electron chi connectivity index (χ1n) is 7.81. The van der Waals surface area contributed by atoms with Gasteiger partial charge in [-0.2, -0.15) is 14.4 Å². The summed E-state index contributed by atoms with van der Waals surface area (Å²) < 4.78 is 26.4. The van der Waals surface area contributed by atoms with Gasteiger partial charge in [-0.1, -0.05) is 13.8 Å². The quantitative estimate of drug-likeness (QED) is 0.667. The Kier molecular flexibility index (Phi) is 4.12. The van der Waals surface area contributed by atoms with Gasteiger partial charge in [0.1, 0.15) is 12.3 Å². The average Bonchev–Trinajstić information content (AvgIpc) is 3.09. The molecule has 0 aliphatic carbocycles. The minimum absolute atomic E-state index is 0.0136. The highest BCUT2D eigenvalue weighted by Gasteiger charge is 2.39. The van der Waals surface area contributed by atoms with Gasteiger partial charge < -0.3 is 15.2 Å². The lowest BCUT2D eigenvalue weighted by Crippen LogP contribution is -2.31. The fraction of sp³-hybridized carbons (Fsp3) is 0.600. The van der Waals surface area contributed by atoms with Crippen LogP contribution >= 0.6 is 0 Å². The van der Waals surface area contributed by atoms with Crippen molar-refractivity contribution in [3.63, 3.8) is 0 Å². The van der Waals surface area contributed by atoms with E-state index in [0.29, 0.717) is 18.4 Å². The number of aromatic nitrogens is 4. The molecule has 130 valence electrons. The molecule has 9 heteroatoms. The van der Waals surface area contributed by atoms with E-state index in [1.165, 1.54) is 6.33 Å². The number of anilines is 1. The van der Waals surface area contributed by atoms with Crippen LogP contribution in [0.5, 0.6) is 0 Å². The van der Waals surface area contributed by atoms with Gasteiger partial charge in [-0.3, -0.25) is 9.36 Å². The van der Waals surface area contributed by atoms with Crippen LogP contribution in [0, 0.1) is 12.0 Å². The first-order valence-corrected chi connectivity index (χ1v) is 7.81. The third-order valence-corrected chi connectivity index (χ3v) is 4.14. The Morgan fingerprint density at radius 1 is 1.58 bits per heavy atom. The zero-order chi connectivity index (χ0) is 17.5. The molecule has 0 aromatic carbocycles. The van der Waals surface area contributed by atoms with E-state index in [4.69, 9.17) is 15.2 Å². The van der Waals surface area contributed by atoms with Crippen LogP contribution in [0.2, 0.25) is 0 Å². The summed E-state index contributed by atoms with van der Waals surface area (Å²) >= 11 is 0. The third-order valence-electron chi connectivity index (χ3n) is 4.14. The second-order valence-electron chi connectivity index (χ2n) is 6.40. The lowest BCUT2D eigenvalue weighted by atomic mass is 10.1. The number of nitrogens with zero attached hydrogens (tertiary/aromatic N) is 4. The molecule has 2 atom stereocenters. The number of esters is 1. The van der Waals surface area contributed by atoms with Gasteiger partial charge in [0.25, 0.3) is 0 Å². The summed E-state index contributed by atoms with van der Waals surface area (Å²) in [7, 11) is 0. The molecule has 24 heavy (non-hydrogen) atoms. The van der Waals surface area contributed by atoms with Crippen molar-refractivity contribution in [3.8, 4) is 0 Å². The molecule has 3 heterocycles. The standard InChI is InChI=1S/C15H20FN5O3/c1-8(2)13(22)23-6-9-4-5-15(3,24-9)21-7-18-10-11(17)19-14(16)20-12(10)21/h7-9H,4-6H2,1-3H3,(H2,17,19,20)/t9?,15-/m1/s1. The molecule has 3 rings (SSSR count). The molecule has 1 saturated heterocycles. The number of rotatable bonds is 4. The maximum Gasteiger partial charge on any atom is 0.312 e. The van der Waals surface area contributed by atoms with Crippen LogP contribution in [0.15, 0.2) is 6.33 Å². The minimum atomic E-state index is -0.911. The van der Waals surface area contributed by atoms with Gasteiger partial charge in [0.05, 0.1) is 18.3 Å². The van der Waals surface area contributed by atoms with E-state index in [0.717, 1.165) is 0 Å². The maximum atomic E-state index is 13.5. The number of fused-ring (bicyclic) bond motifs is 1. The van der Waals surface area contributed by atoms with E-state index >= 15 is 0 Å². The number of nitrogen functional groups attached to an aromatic ring is 1. The van der Waals surface area contributed by atoms with Crippen molar-refractivity contribution in [2.45, 2.75) is 45.4 Å². The second kappa shape index (κ2) is 5.97. The molecule has 0 saturated carbocycles. The van der Waals surface area contributed by atoms with Gasteiger partial charge in [-0.05, 0) is 19.8 Å². The highest BCUT2D eigenvalue weighted by Crippen LogP contribution is 2.36. The molecular formula is C15H20FN5O3. The molecule has 0 amide bonds. The molecule has 8 nitrogen and oxygen atoms in total. The fourth-order valence-electron chi connectivity index (χ4n) is 2.78. The Hall–Kier alpha value is -2.29. The Morgan fingerprint density at radius 2 is 2.33 bits per heavy atom. The van der Waals surface area contributed by atoms with E-state index < -0.39 is 11.8 Å². The van der Waals surface area contributed by atoms with Crippen LogP contribution in [0.3, 0.4) is 0 Å². The third kappa shape index (κ3) is 2.91. The Bertz CT molecular complexity index is 778. The van der Waals surface area contributed by atoms with Crippen molar-refractivity contribution in [1.82, 2.24) is 19.5 Å². The first kappa shape index (κ1) is 16.6. The van der Waals surface area contributed by atoms with Crippen molar-refractivity contribution in [1.29, 1.82) is 0 Å². The number of hydrogen-bond acceptors (Lipinski definition) is 7. The van der Waals surface area contributed by atoms with E-state index in [1.807, 2.05) is 6.92 Å². The highest BCUT2D eigenvalue weighted by atomic mass is 19.1. The highest BCUT2D eigenvalue weighted by molar-refractivity contribution is 5.81. The van der Waals surface area contributed by atoms with Crippen LogP contribution in [0.25, 0.3) is 11.2 Å². The molecule has 1 unspecified atom stereocenters. The van der Waals surface area contributed by atoms with Crippen molar-refractivity contribution >= 4 is 23.0 Å². The number of imidazole rings is 1. The number of halogens is 1. The van der Waals surface area contributed by atoms with E-state index in [9.17, 15) is 9.18 Å². The second-order valence-corrected chi connectivity index (χ2v) is 6.40. The number of nitrogens with two attached hydrogens (primary N) is 1. The van der Waals surface area contributed by atoms with Crippen LogP contribution in [-0.4, -0.2) is 38.2 Å². The van der Waals surface area contributed by atoms with Crippen LogP contribution < -0.4 is 5.73 Å². The summed E-state index contributed by atoms with van der Waals surface area (Å²) in [6, 6.07) is 0. The Balaban J connectivity index is 1.79. The normalized spacial score (nSPS) is 24.0. The van der Waals surface area contributed by atoms with Gasteiger partial charge in [0, 0.05) is 0 Å². The summed E-state index contributed by atoms with van der Waals surface area (Å²) in [5.74, 6) is -0.457. The molecule has 0 spiro atoms. The van der Waals surface area contributed by atoms with Crippen LogP contribution in [-0.2, 0) is 20.0 Å². The van der Waals surface area contributed by atoms with Crippen molar-refractivity contribution < 1.29 is 18.7 Å². The van der Waals surface area contributed by atoms with Crippen molar-refractivity contribution in [2.24, 2.45) is 5.92 Å². The molecule has 2 aromatic heterocycles. The van der Waals surface area contributed by atoms with Crippen molar-refractivity contribution in [2.75, 3.05) is 12.3 Å². The summed E-state index contributed by atoms with van der Waals surface area (Å²) in [6.45, 7) is 5.59. The Morgan fingerprint density at radius 3 is 3.04 bits per heavy atom. The molecule has 1 fully saturated rings. The molecule has 2 aromatic rings. The zero-order valence-corrected chi connectivity index (χ0v) is 13.8. The fourth-order valence-corrected chi connectivity index (χ4v) is 2.78. The van der Waals surface area contributed by atoms with Gasteiger partial charge in [-0.15, -0.1) is 0 Å². The molecule has 1 aliphatic heterocycles. The molecular weight excluding hydrogens is 317 g/mol. The summed E-state index contributed by atoms with van der Waals surface area (Å²) in [5.41, 5.74) is 5.53. The van der Waals surface area contributed by atoms with Gasteiger partial charge in [0.15, 0.2) is 17.0 Å². The topological polar surface area (TPSA) is 105 Å². The minimum Gasteiger partial charge on any atom is -0.463 e. The number of hydrogen-bond donors (Lipinski definition) is 1. The van der Waals surface area contributed by atoms with Gasteiger partial charge >= 0.3 is 12.0 Å². The van der Waals surface area contributed by atoms with E-state index in [2.05, 4.69) is 15.0 Å².